The lowest BCUT2D eigenvalue weighted by atomic mass is 9.96. The van der Waals surface area contributed by atoms with Crippen LogP contribution < -0.4 is 0 Å². The van der Waals surface area contributed by atoms with E-state index in [-0.39, 0.29) is 18.0 Å². The molecule has 2 aromatic carbocycles. The first-order valence-electron chi connectivity index (χ1n) is 7.49. The van der Waals surface area contributed by atoms with Gasteiger partial charge in [-0.05, 0) is 30.2 Å². The highest BCUT2D eigenvalue weighted by molar-refractivity contribution is 5.64. The van der Waals surface area contributed by atoms with Gasteiger partial charge in [0.1, 0.15) is 5.82 Å². The zero-order valence-electron chi connectivity index (χ0n) is 12.5. The highest BCUT2D eigenvalue weighted by atomic mass is 19.1. The smallest absolute Gasteiger partial charge is 0.176 e. The molecule has 0 aromatic heterocycles. The van der Waals surface area contributed by atoms with E-state index < -0.39 is 0 Å². The van der Waals surface area contributed by atoms with Crippen LogP contribution in [0.2, 0.25) is 0 Å². The quantitative estimate of drug-likeness (QED) is 0.775. The van der Waals surface area contributed by atoms with Gasteiger partial charge in [-0.2, -0.15) is 0 Å². The SMILES string of the molecule is C/C=C/C1OCC(c2ccc(-c3ccccc3)c(F)c2)CO1. The molecule has 0 spiro atoms. The summed E-state index contributed by atoms with van der Waals surface area (Å²) in [5.41, 5.74) is 2.42. The second kappa shape index (κ2) is 6.86. The Balaban J connectivity index is 1.76. The van der Waals surface area contributed by atoms with Gasteiger partial charge >= 0.3 is 0 Å². The minimum absolute atomic E-state index is 0.0702. The molecule has 2 nitrogen and oxygen atoms in total. The Morgan fingerprint density at radius 3 is 2.41 bits per heavy atom. The fourth-order valence-electron chi connectivity index (χ4n) is 2.62. The Kier molecular flexibility index (Phi) is 4.66. The monoisotopic (exact) mass is 298 g/mol. The minimum atomic E-state index is -0.283. The molecule has 1 fully saturated rings. The van der Waals surface area contributed by atoms with Gasteiger partial charge in [-0.3, -0.25) is 0 Å². The van der Waals surface area contributed by atoms with Crippen LogP contribution in [0.4, 0.5) is 4.39 Å². The van der Waals surface area contributed by atoms with E-state index in [0.29, 0.717) is 18.8 Å². The average Bonchev–Trinajstić information content (AvgIpc) is 2.56. The Morgan fingerprint density at radius 2 is 1.77 bits per heavy atom. The van der Waals surface area contributed by atoms with Gasteiger partial charge in [-0.15, -0.1) is 0 Å². The maximum atomic E-state index is 14.4. The van der Waals surface area contributed by atoms with Gasteiger partial charge in [0.05, 0.1) is 13.2 Å². The minimum Gasteiger partial charge on any atom is -0.348 e. The molecule has 0 radical (unpaired) electrons. The fraction of sp³-hybridized carbons (Fsp3) is 0.263. The predicted octanol–water partition coefficient (Wildman–Crippen LogP) is 4.53. The van der Waals surface area contributed by atoms with E-state index in [4.69, 9.17) is 9.47 Å². The zero-order chi connectivity index (χ0) is 15.4. The van der Waals surface area contributed by atoms with Crippen molar-refractivity contribution in [3.63, 3.8) is 0 Å². The molecule has 1 aliphatic heterocycles. The Labute approximate surface area is 130 Å². The average molecular weight is 298 g/mol. The molecular formula is C19H19FO2. The molecule has 1 aliphatic rings. The van der Waals surface area contributed by atoms with Crippen molar-refractivity contribution in [1.82, 2.24) is 0 Å². The number of allylic oxidation sites excluding steroid dienone is 1. The molecule has 0 unspecified atom stereocenters. The Hall–Kier alpha value is -1.97. The molecule has 1 heterocycles. The van der Waals surface area contributed by atoms with Crippen molar-refractivity contribution < 1.29 is 13.9 Å². The van der Waals surface area contributed by atoms with E-state index >= 15 is 0 Å². The van der Waals surface area contributed by atoms with Gasteiger partial charge in [0, 0.05) is 11.5 Å². The molecule has 0 N–H and O–H groups in total. The Bertz CT molecular complexity index is 644. The van der Waals surface area contributed by atoms with Crippen molar-refractivity contribution in [2.75, 3.05) is 13.2 Å². The van der Waals surface area contributed by atoms with Gasteiger partial charge in [-0.1, -0.05) is 48.5 Å². The maximum Gasteiger partial charge on any atom is 0.176 e. The fourth-order valence-corrected chi connectivity index (χ4v) is 2.62. The van der Waals surface area contributed by atoms with Gasteiger partial charge in [0.25, 0.3) is 0 Å². The normalized spacial score (nSPS) is 22.1. The summed E-state index contributed by atoms with van der Waals surface area (Å²) in [6.07, 6.45) is 3.49. The number of hydrogen-bond donors (Lipinski definition) is 0. The number of rotatable bonds is 3. The summed E-state index contributed by atoms with van der Waals surface area (Å²) in [5, 5.41) is 0. The van der Waals surface area contributed by atoms with Gasteiger partial charge < -0.3 is 9.47 Å². The van der Waals surface area contributed by atoms with Crippen LogP contribution in [0.25, 0.3) is 11.1 Å². The highest BCUT2D eigenvalue weighted by Gasteiger charge is 2.22. The lowest BCUT2D eigenvalue weighted by Crippen LogP contribution is -2.29. The van der Waals surface area contributed by atoms with Crippen molar-refractivity contribution in [1.29, 1.82) is 0 Å². The van der Waals surface area contributed by atoms with Crippen molar-refractivity contribution in [2.45, 2.75) is 19.1 Å². The number of hydrogen-bond acceptors (Lipinski definition) is 2. The molecule has 1 saturated heterocycles. The maximum absolute atomic E-state index is 14.4. The molecule has 2 aromatic rings. The summed E-state index contributed by atoms with van der Waals surface area (Å²) in [5.74, 6) is -0.139. The zero-order valence-corrected chi connectivity index (χ0v) is 12.5. The molecule has 0 saturated carbocycles. The lowest BCUT2D eigenvalue weighted by molar-refractivity contribution is -0.159. The topological polar surface area (TPSA) is 18.5 Å². The van der Waals surface area contributed by atoms with Crippen LogP contribution in [0, 0.1) is 5.82 Å². The van der Waals surface area contributed by atoms with Crippen molar-refractivity contribution in [3.8, 4) is 11.1 Å². The van der Waals surface area contributed by atoms with Crippen LogP contribution in [0.3, 0.4) is 0 Å². The molecule has 22 heavy (non-hydrogen) atoms. The molecule has 114 valence electrons. The predicted molar refractivity (Wildman–Crippen MR) is 85.1 cm³/mol. The van der Waals surface area contributed by atoms with Gasteiger partial charge in [0.2, 0.25) is 0 Å². The third kappa shape index (κ3) is 3.26. The lowest BCUT2D eigenvalue weighted by Gasteiger charge is -2.28. The highest BCUT2D eigenvalue weighted by Crippen LogP contribution is 2.28. The largest absolute Gasteiger partial charge is 0.348 e. The van der Waals surface area contributed by atoms with E-state index in [0.717, 1.165) is 11.1 Å². The van der Waals surface area contributed by atoms with Crippen LogP contribution in [0.15, 0.2) is 60.7 Å². The first-order valence-corrected chi connectivity index (χ1v) is 7.49. The molecule has 0 bridgehead atoms. The van der Waals surface area contributed by atoms with E-state index in [1.54, 1.807) is 6.07 Å². The van der Waals surface area contributed by atoms with Crippen molar-refractivity contribution in [3.05, 3.63) is 72.1 Å². The number of halogens is 1. The molecule has 0 atom stereocenters. The second-order valence-electron chi connectivity index (χ2n) is 5.36. The van der Waals surface area contributed by atoms with Crippen molar-refractivity contribution >= 4 is 0 Å². The summed E-state index contributed by atoms with van der Waals surface area (Å²) in [6, 6.07) is 14.9. The number of ether oxygens (including phenoxy) is 2. The molecule has 0 aliphatic carbocycles. The summed E-state index contributed by atoms with van der Waals surface area (Å²) in [6.45, 7) is 3.01. The third-order valence-electron chi connectivity index (χ3n) is 3.82. The van der Waals surface area contributed by atoms with Crippen LogP contribution in [0.1, 0.15) is 18.4 Å². The van der Waals surface area contributed by atoms with Crippen LogP contribution in [-0.4, -0.2) is 19.5 Å². The van der Waals surface area contributed by atoms with E-state index in [2.05, 4.69) is 0 Å². The summed E-state index contributed by atoms with van der Waals surface area (Å²) in [7, 11) is 0. The standard InChI is InChI=1S/C19H19FO2/c1-2-6-19-21-12-16(13-22-19)15-9-10-17(18(20)11-15)14-7-4-3-5-8-14/h2-11,16,19H,12-13H2,1H3/b6-2+. The van der Waals surface area contributed by atoms with E-state index in [1.165, 1.54) is 0 Å². The van der Waals surface area contributed by atoms with Crippen molar-refractivity contribution in [2.24, 2.45) is 0 Å². The summed E-state index contributed by atoms with van der Waals surface area (Å²) < 4.78 is 25.6. The van der Waals surface area contributed by atoms with Crippen LogP contribution in [0.5, 0.6) is 0 Å². The Morgan fingerprint density at radius 1 is 1.05 bits per heavy atom. The third-order valence-corrected chi connectivity index (χ3v) is 3.82. The van der Waals surface area contributed by atoms with E-state index in [1.807, 2.05) is 61.5 Å². The summed E-state index contributed by atoms with van der Waals surface area (Å²) in [4.78, 5) is 0. The molecule has 3 heteroatoms. The van der Waals surface area contributed by atoms with Crippen LogP contribution >= 0.6 is 0 Å². The first kappa shape index (κ1) is 14.9. The molecule has 3 rings (SSSR count). The molecular weight excluding hydrogens is 279 g/mol. The van der Waals surface area contributed by atoms with Gasteiger partial charge in [0.15, 0.2) is 6.29 Å². The van der Waals surface area contributed by atoms with E-state index in [9.17, 15) is 4.39 Å². The molecule has 0 amide bonds. The van der Waals surface area contributed by atoms with Crippen LogP contribution in [-0.2, 0) is 9.47 Å². The van der Waals surface area contributed by atoms with Gasteiger partial charge in [-0.25, -0.2) is 4.39 Å². The second-order valence-corrected chi connectivity index (χ2v) is 5.36. The summed E-state index contributed by atoms with van der Waals surface area (Å²) >= 11 is 0. The number of benzene rings is 2. The first-order chi connectivity index (χ1) is 10.8.